The van der Waals surface area contributed by atoms with E-state index in [1.807, 2.05) is 26.8 Å². The van der Waals surface area contributed by atoms with E-state index >= 15 is 0 Å². The van der Waals surface area contributed by atoms with E-state index in [0.29, 0.717) is 5.75 Å². The van der Waals surface area contributed by atoms with Crippen LogP contribution in [0.2, 0.25) is 0 Å². The lowest BCUT2D eigenvalue weighted by atomic mass is 9.67. The largest absolute Gasteiger partial charge is 0.488 e. The fraction of sp³-hybridized carbons (Fsp3) is 0.324. The number of fused-ring (bicyclic) bond motifs is 3. The van der Waals surface area contributed by atoms with Gasteiger partial charge >= 0.3 is 5.97 Å². The van der Waals surface area contributed by atoms with Gasteiger partial charge in [0, 0.05) is 0 Å². The molecule has 0 N–H and O–H groups in total. The third kappa shape index (κ3) is 4.72. The Hall–Kier alpha value is -3.85. The molecule has 5 rings (SSSR count). The van der Waals surface area contributed by atoms with Crippen LogP contribution in [0.15, 0.2) is 84.9 Å². The highest BCUT2D eigenvalue weighted by Crippen LogP contribution is 2.56. The lowest BCUT2D eigenvalue weighted by Crippen LogP contribution is -2.30. The Balaban J connectivity index is 1.73. The maximum atomic E-state index is 12.4. The Kier molecular flexibility index (Phi) is 7.35. The van der Waals surface area contributed by atoms with Crippen molar-refractivity contribution in [2.75, 3.05) is 0 Å². The Labute approximate surface area is 239 Å². The summed E-state index contributed by atoms with van der Waals surface area (Å²) in [6.45, 7) is 14.4. The van der Waals surface area contributed by atoms with Gasteiger partial charge in [-0.15, -0.1) is 0 Å². The lowest BCUT2D eigenvalue weighted by Gasteiger charge is -2.35. The van der Waals surface area contributed by atoms with Crippen molar-refractivity contribution in [1.29, 1.82) is 0 Å². The number of hydrogen-bond donors (Lipinski definition) is 0. The Morgan fingerprint density at radius 3 is 1.75 bits per heavy atom. The summed E-state index contributed by atoms with van der Waals surface area (Å²) in [5, 5.41) is 0. The van der Waals surface area contributed by atoms with Gasteiger partial charge in [0.2, 0.25) is 0 Å². The zero-order valence-corrected chi connectivity index (χ0v) is 24.8. The molecule has 0 heterocycles. The standard InChI is InChI=1S/C37H40O3/c1-8-21-36(6,7)40-34-20-18-28(23-26(34)5)37(27-17-19-33(25(4)22-27)39-35(38)24(2)3)31-15-11-9-13-29(31)30-14-10-12-16-32(30)37/h9-20,22-24H,8,21H2,1-7H3. The molecular formula is C37H40O3. The first-order chi connectivity index (χ1) is 19.1. The molecule has 0 fully saturated rings. The second-order valence-electron chi connectivity index (χ2n) is 12.0. The minimum absolute atomic E-state index is 0.190. The fourth-order valence-corrected chi connectivity index (χ4v) is 6.20. The average Bonchev–Trinajstić information content (AvgIpc) is 3.22. The molecule has 3 heteroatoms. The van der Waals surface area contributed by atoms with Gasteiger partial charge in [-0.05, 0) is 90.8 Å². The summed E-state index contributed by atoms with van der Waals surface area (Å²) in [6.07, 6.45) is 2.06. The molecule has 0 radical (unpaired) electrons. The van der Waals surface area contributed by atoms with Gasteiger partial charge < -0.3 is 9.47 Å². The van der Waals surface area contributed by atoms with Crippen LogP contribution in [0.25, 0.3) is 11.1 Å². The van der Waals surface area contributed by atoms with E-state index in [0.717, 1.165) is 35.3 Å². The van der Waals surface area contributed by atoms with E-state index in [1.54, 1.807) is 0 Å². The summed E-state index contributed by atoms with van der Waals surface area (Å²) in [7, 11) is 0. The Morgan fingerprint density at radius 1 is 0.775 bits per heavy atom. The van der Waals surface area contributed by atoms with Crippen molar-refractivity contribution in [3.8, 4) is 22.6 Å². The molecule has 0 atom stereocenters. The van der Waals surface area contributed by atoms with Crippen molar-refractivity contribution in [2.45, 2.75) is 72.3 Å². The summed E-state index contributed by atoms with van der Waals surface area (Å²) in [5.41, 5.74) is 8.62. The first-order valence-electron chi connectivity index (χ1n) is 14.4. The summed E-state index contributed by atoms with van der Waals surface area (Å²) in [6, 6.07) is 30.3. The van der Waals surface area contributed by atoms with Gasteiger partial charge in [0.05, 0.1) is 11.3 Å². The van der Waals surface area contributed by atoms with Crippen molar-refractivity contribution in [2.24, 2.45) is 5.92 Å². The van der Waals surface area contributed by atoms with Crippen molar-refractivity contribution in [1.82, 2.24) is 0 Å². The van der Waals surface area contributed by atoms with Crippen LogP contribution in [0, 0.1) is 19.8 Å². The molecule has 4 aromatic carbocycles. The molecule has 1 aliphatic carbocycles. The van der Waals surface area contributed by atoms with E-state index < -0.39 is 5.41 Å². The third-order valence-electron chi connectivity index (χ3n) is 8.09. The monoisotopic (exact) mass is 532 g/mol. The minimum atomic E-state index is -0.527. The smallest absolute Gasteiger partial charge is 0.313 e. The molecule has 0 saturated heterocycles. The zero-order chi connectivity index (χ0) is 28.7. The molecule has 40 heavy (non-hydrogen) atoms. The predicted molar refractivity (Wildman–Crippen MR) is 163 cm³/mol. The third-order valence-corrected chi connectivity index (χ3v) is 8.09. The van der Waals surface area contributed by atoms with Crippen LogP contribution in [0.1, 0.15) is 80.8 Å². The number of hydrogen-bond acceptors (Lipinski definition) is 3. The molecule has 206 valence electrons. The summed E-state index contributed by atoms with van der Waals surface area (Å²) < 4.78 is 12.3. The first kappa shape index (κ1) is 27.7. The first-order valence-corrected chi connectivity index (χ1v) is 14.4. The van der Waals surface area contributed by atoms with Crippen LogP contribution >= 0.6 is 0 Å². The molecule has 0 aromatic heterocycles. The van der Waals surface area contributed by atoms with Crippen molar-refractivity contribution in [3.63, 3.8) is 0 Å². The number of ether oxygens (including phenoxy) is 2. The molecule has 0 saturated carbocycles. The molecule has 4 aromatic rings. The average molecular weight is 533 g/mol. The van der Waals surface area contributed by atoms with Gasteiger partial charge in [0.1, 0.15) is 17.1 Å². The van der Waals surface area contributed by atoms with Crippen LogP contribution in [-0.4, -0.2) is 11.6 Å². The number of carbonyl (C=O) groups is 1. The Bertz CT molecular complexity index is 1510. The number of aryl methyl sites for hydroxylation is 2. The van der Waals surface area contributed by atoms with Crippen molar-refractivity contribution in [3.05, 3.63) is 118 Å². The molecule has 1 aliphatic rings. The van der Waals surface area contributed by atoms with Gasteiger partial charge in [-0.3, -0.25) is 4.79 Å². The van der Waals surface area contributed by atoms with Gasteiger partial charge in [-0.1, -0.05) is 100.0 Å². The van der Waals surface area contributed by atoms with Crippen LogP contribution < -0.4 is 9.47 Å². The molecule has 0 unspecified atom stereocenters. The van der Waals surface area contributed by atoms with Gasteiger partial charge in [0.15, 0.2) is 0 Å². The quantitative estimate of drug-likeness (QED) is 0.148. The molecule has 0 amide bonds. The van der Waals surface area contributed by atoms with E-state index in [1.165, 1.54) is 27.8 Å². The lowest BCUT2D eigenvalue weighted by molar-refractivity contribution is -0.137. The number of esters is 1. The number of benzene rings is 4. The Morgan fingerprint density at radius 2 is 1.27 bits per heavy atom. The fourth-order valence-electron chi connectivity index (χ4n) is 6.20. The number of rotatable bonds is 8. The molecule has 0 bridgehead atoms. The predicted octanol–water partition coefficient (Wildman–Crippen LogP) is 9.19. The summed E-state index contributed by atoms with van der Waals surface area (Å²) >= 11 is 0. The second kappa shape index (κ2) is 10.6. The highest BCUT2D eigenvalue weighted by atomic mass is 16.5. The van der Waals surface area contributed by atoms with Crippen molar-refractivity contribution < 1.29 is 14.3 Å². The highest BCUT2D eigenvalue weighted by Gasteiger charge is 2.46. The highest BCUT2D eigenvalue weighted by molar-refractivity contribution is 5.86. The van der Waals surface area contributed by atoms with E-state index in [4.69, 9.17) is 9.47 Å². The molecule has 0 spiro atoms. The van der Waals surface area contributed by atoms with Crippen LogP contribution in [0.4, 0.5) is 0 Å². The molecule has 0 aliphatic heterocycles. The van der Waals surface area contributed by atoms with Gasteiger partial charge in [-0.2, -0.15) is 0 Å². The van der Waals surface area contributed by atoms with Crippen LogP contribution in [-0.2, 0) is 10.2 Å². The van der Waals surface area contributed by atoms with Crippen LogP contribution in [0.3, 0.4) is 0 Å². The minimum Gasteiger partial charge on any atom is -0.488 e. The summed E-state index contributed by atoms with van der Waals surface area (Å²) in [5.74, 6) is 1.11. The van der Waals surface area contributed by atoms with Crippen LogP contribution in [0.5, 0.6) is 11.5 Å². The SMILES string of the molecule is CCCC(C)(C)Oc1ccc(C2(c3ccc(OC(=O)C(C)C)c(C)c3)c3ccccc3-c3ccccc32)cc1C. The normalized spacial score (nSPS) is 13.6. The molecular weight excluding hydrogens is 492 g/mol. The maximum Gasteiger partial charge on any atom is 0.313 e. The number of carbonyl (C=O) groups excluding carboxylic acids is 1. The maximum absolute atomic E-state index is 12.4. The van der Waals surface area contributed by atoms with Gasteiger partial charge in [0.25, 0.3) is 0 Å². The zero-order valence-electron chi connectivity index (χ0n) is 24.8. The van der Waals surface area contributed by atoms with E-state index in [2.05, 4.69) is 107 Å². The van der Waals surface area contributed by atoms with Gasteiger partial charge in [-0.25, -0.2) is 0 Å². The van der Waals surface area contributed by atoms with Crippen molar-refractivity contribution >= 4 is 5.97 Å². The second-order valence-corrected chi connectivity index (χ2v) is 12.0. The van der Waals surface area contributed by atoms with E-state index in [9.17, 15) is 4.79 Å². The summed E-state index contributed by atoms with van der Waals surface area (Å²) in [4.78, 5) is 12.4. The molecule has 3 nitrogen and oxygen atoms in total. The van der Waals surface area contributed by atoms with E-state index in [-0.39, 0.29) is 17.5 Å². The topological polar surface area (TPSA) is 35.5 Å².